The largest absolute Gasteiger partial charge is 0.487 e. The van der Waals surface area contributed by atoms with Crippen molar-refractivity contribution in [3.8, 4) is 5.75 Å². The predicted octanol–water partition coefficient (Wildman–Crippen LogP) is 2.12. The first-order chi connectivity index (χ1) is 9.95. The Hall–Kier alpha value is -2.15. The van der Waals surface area contributed by atoms with Gasteiger partial charge < -0.3 is 15.2 Å². The number of aryl methyl sites for hydroxylation is 1. The second-order valence-corrected chi connectivity index (χ2v) is 4.71. The molecule has 7 heteroatoms. The van der Waals surface area contributed by atoms with E-state index in [1.165, 1.54) is 6.07 Å². The molecule has 0 saturated heterocycles. The summed E-state index contributed by atoms with van der Waals surface area (Å²) in [4.78, 5) is 21.4. The Kier molecular flexibility index (Phi) is 6.61. The van der Waals surface area contributed by atoms with Gasteiger partial charge in [0.25, 0.3) is 0 Å². The van der Waals surface area contributed by atoms with E-state index in [4.69, 9.17) is 9.84 Å². The molecule has 0 aromatic heterocycles. The zero-order valence-electron chi connectivity index (χ0n) is 12.2. The Bertz CT molecular complexity index is 504. The number of nitro benzene ring substituents is 1. The molecule has 116 valence electrons. The number of carbonyl (C=O) groups is 1. The maximum Gasteiger partial charge on any atom is 0.320 e. The number of nitro groups is 1. The molecular formula is C14H20N2O5. The summed E-state index contributed by atoms with van der Waals surface area (Å²) >= 11 is 0. The lowest BCUT2D eigenvalue weighted by Crippen LogP contribution is -2.38. The number of ether oxygens (including phenoxy) is 1. The van der Waals surface area contributed by atoms with Crippen LogP contribution in [-0.2, 0) is 4.79 Å². The number of hydrogen-bond donors (Lipinski definition) is 2. The number of rotatable bonds is 9. The quantitative estimate of drug-likeness (QED) is 0.534. The zero-order chi connectivity index (χ0) is 15.8. The van der Waals surface area contributed by atoms with Crippen LogP contribution in [0.5, 0.6) is 5.75 Å². The second-order valence-electron chi connectivity index (χ2n) is 4.71. The Morgan fingerprint density at radius 3 is 2.81 bits per heavy atom. The minimum Gasteiger partial charge on any atom is -0.487 e. The molecule has 0 bridgehead atoms. The summed E-state index contributed by atoms with van der Waals surface area (Å²) < 4.78 is 5.39. The van der Waals surface area contributed by atoms with Gasteiger partial charge in [-0.3, -0.25) is 14.9 Å². The molecule has 1 unspecified atom stereocenters. The molecule has 0 spiro atoms. The highest BCUT2D eigenvalue weighted by atomic mass is 16.6. The van der Waals surface area contributed by atoms with Crippen LogP contribution >= 0.6 is 0 Å². The van der Waals surface area contributed by atoms with Crippen LogP contribution in [0.1, 0.15) is 25.3 Å². The van der Waals surface area contributed by atoms with Crippen molar-refractivity contribution in [3.63, 3.8) is 0 Å². The number of hydrogen-bond acceptors (Lipinski definition) is 5. The second kappa shape index (κ2) is 8.21. The van der Waals surface area contributed by atoms with Gasteiger partial charge in [0.1, 0.15) is 6.04 Å². The fourth-order valence-corrected chi connectivity index (χ4v) is 1.81. The van der Waals surface area contributed by atoms with Crippen LogP contribution in [0.4, 0.5) is 5.69 Å². The van der Waals surface area contributed by atoms with Crippen LogP contribution in [0.3, 0.4) is 0 Å². The third-order valence-corrected chi connectivity index (χ3v) is 2.91. The highest BCUT2D eigenvalue weighted by Gasteiger charge is 2.18. The molecule has 0 aliphatic carbocycles. The molecule has 21 heavy (non-hydrogen) atoms. The van der Waals surface area contributed by atoms with Gasteiger partial charge in [0.2, 0.25) is 0 Å². The molecule has 1 rings (SSSR count). The lowest BCUT2D eigenvalue weighted by Gasteiger charge is -2.14. The summed E-state index contributed by atoms with van der Waals surface area (Å²) in [6, 6.07) is 3.88. The van der Waals surface area contributed by atoms with E-state index < -0.39 is 16.9 Å². The van der Waals surface area contributed by atoms with Gasteiger partial charge in [-0.25, -0.2) is 0 Å². The molecule has 1 aromatic carbocycles. The van der Waals surface area contributed by atoms with Crippen molar-refractivity contribution in [2.75, 3.05) is 13.2 Å². The number of nitrogens with zero attached hydrogens (tertiary/aromatic N) is 1. The van der Waals surface area contributed by atoms with Gasteiger partial charge in [-0.05, 0) is 31.5 Å². The highest BCUT2D eigenvalue weighted by molar-refractivity contribution is 5.73. The van der Waals surface area contributed by atoms with Crippen molar-refractivity contribution < 1.29 is 19.6 Å². The number of benzene rings is 1. The minimum absolute atomic E-state index is 0.0952. The summed E-state index contributed by atoms with van der Waals surface area (Å²) in [5, 5.41) is 22.8. The van der Waals surface area contributed by atoms with Gasteiger partial charge in [0, 0.05) is 12.5 Å². The molecular weight excluding hydrogens is 276 g/mol. The lowest BCUT2D eigenvalue weighted by molar-refractivity contribution is -0.385. The fraction of sp³-hybridized carbons (Fsp3) is 0.500. The summed E-state index contributed by atoms with van der Waals surface area (Å²) in [6.45, 7) is 4.44. The molecule has 0 saturated carbocycles. The summed E-state index contributed by atoms with van der Waals surface area (Å²) in [7, 11) is 0. The highest BCUT2D eigenvalue weighted by Crippen LogP contribution is 2.27. The first kappa shape index (κ1) is 16.9. The molecule has 1 atom stereocenters. The Balaban J connectivity index is 2.64. The van der Waals surface area contributed by atoms with E-state index in [9.17, 15) is 14.9 Å². The van der Waals surface area contributed by atoms with E-state index in [0.717, 1.165) is 12.0 Å². The molecule has 0 heterocycles. The van der Waals surface area contributed by atoms with E-state index in [-0.39, 0.29) is 24.5 Å². The monoisotopic (exact) mass is 296 g/mol. The Morgan fingerprint density at radius 1 is 1.52 bits per heavy atom. The normalized spacial score (nSPS) is 11.9. The standard InChI is InChI=1S/C14H20N2O5/c1-3-7-15-11(14(17)18)6-8-21-13-9-10(2)4-5-12(13)16(19)20/h4-5,9,11,15H,3,6-8H2,1-2H3,(H,17,18). The fourth-order valence-electron chi connectivity index (χ4n) is 1.81. The Labute approximate surface area is 123 Å². The van der Waals surface area contributed by atoms with E-state index in [2.05, 4.69) is 5.32 Å². The van der Waals surface area contributed by atoms with Crippen LogP contribution in [0.15, 0.2) is 18.2 Å². The maximum absolute atomic E-state index is 11.1. The number of carboxylic acids is 1. The molecule has 0 aliphatic heterocycles. The van der Waals surface area contributed by atoms with E-state index in [1.807, 2.05) is 6.92 Å². The first-order valence-corrected chi connectivity index (χ1v) is 6.79. The number of nitrogens with one attached hydrogen (secondary N) is 1. The predicted molar refractivity (Wildman–Crippen MR) is 77.7 cm³/mol. The van der Waals surface area contributed by atoms with Crippen molar-refractivity contribution in [2.45, 2.75) is 32.7 Å². The third-order valence-electron chi connectivity index (χ3n) is 2.91. The van der Waals surface area contributed by atoms with Gasteiger partial charge in [-0.15, -0.1) is 0 Å². The van der Waals surface area contributed by atoms with Crippen LogP contribution in [0.25, 0.3) is 0 Å². The molecule has 0 fully saturated rings. The van der Waals surface area contributed by atoms with Crippen molar-refractivity contribution >= 4 is 11.7 Å². The molecule has 0 amide bonds. The molecule has 2 N–H and O–H groups in total. The lowest BCUT2D eigenvalue weighted by atomic mass is 10.2. The van der Waals surface area contributed by atoms with Crippen molar-refractivity contribution in [2.24, 2.45) is 0 Å². The summed E-state index contributed by atoms with van der Waals surface area (Å²) in [5.41, 5.74) is 0.725. The van der Waals surface area contributed by atoms with Gasteiger partial charge in [0.05, 0.1) is 11.5 Å². The maximum atomic E-state index is 11.1. The SMILES string of the molecule is CCCNC(CCOc1cc(C)ccc1[N+](=O)[O-])C(=O)O. The van der Waals surface area contributed by atoms with E-state index in [0.29, 0.717) is 6.54 Å². The average molecular weight is 296 g/mol. The molecule has 0 aliphatic rings. The number of aliphatic carboxylic acids is 1. The van der Waals surface area contributed by atoms with Crippen LogP contribution in [0, 0.1) is 17.0 Å². The summed E-state index contributed by atoms with van der Waals surface area (Å²) in [6.07, 6.45) is 1.06. The van der Waals surface area contributed by atoms with E-state index >= 15 is 0 Å². The molecule has 0 radical (unpaired) electrons. The van der Waals surface area contributed by atoms with Gasteiger partial charge in [-0.2, -0.15) is 0 Å². The summed E-state index contributed by atoms with van der Waals surface area (Å²) in [5.74, 6) is -0.787. The number of carboxylic acid groups (broad SMARTS) is 1. The van der Waals surface area contributed by atoms with Gasteiger partial charge in [-0.1, -0.05) is 13.0 Å². The van der Waals surface area contributed by atoms with Crippen LogP contribution < -0.4 is 10.1 Å². The Morgan fingerprint density at radius 2 is 2.24 bits per heavy atom. The topological polar surface area (TPSA) is 102 Å². The van der Waals surface area contributed by atoms with Crippen molar-refractivity contribution in [3.05, 3.63) is 33.9 Å². The first-order valence-electron chi connectivity index (χ1n) is 6.79. The smallest absolute Gasteiger partial charge is 0.320 e. The molecule has 1 aromatic rings. The average Bonchev–Trinajstić information content (AvgIpc) is 2.41. The van der Waals surface area contributed by atoms with Crippen molar-refractivity contribution in [1.82, 2.24) is 5.32 Å². The van der Waals surface area contributed by atoms with Crippen LogP contribution in [-0.4, -0.2) is 35.2 Å². The minimum atomic E-state index is -0.953. The van der Waals surface area contributed by atoms with Gasteiger partial charge in [0.15, 0.2) is 5.75 Å². The molecule has 7 nitrogen and oxygen atoms in total. The van der Waals surface area contributed by atoms with Crippen LogP contribution in [0.2, 0.25) is 0 Å². The van der Waals surface area contributed by atoms with Gasteiger partial charge >= 0.3 is 11.7 Å². The zero-order valence-corrected chi connectivity index (χ0v) is 12.2. The van der Waals surface area contributed by atoms with E-state index in [1.54, 1.807) is 19.1 Å². The third kappa shape index (κ3) is 5.39. The van der Waals surface area contributed by atoms with Crippen molar-refractivity contribution in [1.29, 1.82) is 0 Å².